The van der Waals surface area contributed by atoms with E-state index in [0.29, 0.717) is 25.3 Å². The first kappa shape index (κ1) is 16.9. The molecular formula is C19H25F2N3O. The molecule has 3 fully saturated rings. The van der Waals surface area contributed by atoms with Crippen LogP contribution in [0.25, 0.3) is 0 Å². The lowest BCUT2D eigenvalue weighted by molar-refractivity contribution is -0.150. The van der Waals surface area contributed by atoms with Gasteiger partial charge in [0.25, 0.3) is 0 Å². The number of amides is 1. The fourth-order valence-electron chi connectivity index (χ4n) is 4.70. The fourth-order valence-corrected chi connectivity index (χ4v) is 4.70. The number of likely N-dealkylation sites (tertiary alicyclic amines) is 2. The predicted octanol–water partition coefficient (Wildman–Crippen LogP) is 3.08. The molecule has 25 heavy (non-hydrogen) atoms. The third kappa shape index (κ3) is 3.54. The highest BCUT2D eigenvalue weighted by atomic mass is 19.3. The van der Waals surface area contributed by atoms with Crippen LogP contribution < -0.4 is 0 Å². The number of alkyl halides is 2. The Hall–Kier alpha value is -1.56. The molecule has 4 nitrogen and oxygen atoms in total. The van der Waals surface area contributed by atoms with Gasteiger partial charge in [0.1, 0.15) is 0 Å². The summed E-state index contributed by atoms with van der Waals surface area (Å²) in [6.45, 7) is 2.21. The lowest BCUT2D eigenvalue weighted by atomic mass is 9.82. The van der Waals surface area contributed by atoms with Crippen LogP contribution in [-0.2, 0) is 11.3 Å². The summed E-state index contributed by atoms with van der Waals surface area (Å²) in [7, 11) is 0. The molecule has 1 aromatic heterocycles. The molecule has 0 spiro atoms. The van der Waals surface area contributed by atoms with Gasteiger partial charge >= 0.3 is 0 Å². The van der Waals surface area contributed by atoms with E-state index in [1.807, 2.05) is 23.1 Å². The zero-order valence-corrected chi connectivity index (χ0v) is 14.4. The van der Waals surface area contributed by atoms with Crippen molar-refractivity contribution in [3.8, 4) is 0 Å². The molecule has 0 unspecified atom stereocenters. The Morgan fingerprint density at radius 2 is 2.00 bits per heavy atom. The van der Waals surface area contributed by atoms with Crippen molar-refractivity contribution in [1.29, 1.82) is 0 Å². The van der Waals surface area contributed by atoms with Crippen molar-refractivity contribution in [3.05, 3.63) is 30.1 Å². The van der Waals surface area contributed by atoms with E-state index < -0.39 is 5.92 Å². The van der Waals surface area contributed by atoms with E-state index in [4.69, 9.17) is 0 Å². The van der Waals surface area contributed by atoms with Gasteiger partial charge in [0, 0.05) is 31.6 Å². The molecule has 0 radical (unpaired) electrons. The molecule has 2 bridgehead atoms. The van der Waals surface area contributed by atoms with E-state index in [2.05, 4.69) is 9.88 Å². The van der Waals surface area contributed by atoms with Crippen LogP contribution >= 0.6 is 0 Å². The Bertz CT molecular complexity index is 614. The van der Waals surface area contributed by atoms with Crippen LogP contribution in [0.3, 0.4) is 0 Å². The molecule has 136 valence electrons. The third-order valence-corrected chi connectivity index (χ3v) is 6.06. The largest absolute Gasteiger partial charge is 0.335 e. The monoisotopic (exact) mass is 349 g/mol. The smallest absolute Gasteiger partial charge is 0.248 e. The number of carbonyl (C=O) groups is 1. The van der Waals surface area contributed by atoms with Gasteiger partial charge in [-0.25, -0.2) is 8.78 Å². The second kappa shape index (κ2) is 6.63. The maximum Gasteiger partial charge on any atom is 0.248 e. The van der Waals surface area contributed by atoms with Crippen molar-refractivity contribution >= 4 is 5.91 Å². The average molecular weight is 349 g/mol. The number of aromatic nitrogens is 1. The van der Waals surface area contributed by atoms with Crippen molar-refractivity contribution in [2.24, 2.45) is 5.92 Å². The molecule has 0 N–H and O–H groups in total. The van der Waals surface area contributed by atoms with E-state index in [9.17, 15) is 13.6 Å². The lowest BCUT2D eigenvalue weighted by Gasteiger charge is -2.50. The third-order valence-electron chi connectivity index (χ3n) is 6.06. The fraction of sp³-hybridized carbons (Fsp3) is 0.684. The number of nitrogens with zero attached hydrogens (tertiary/aromatic N) is 3. The summed E-state index contributed by atoms with van der Waals surface area (Å²) in [6, 6.07) is 5.75. The van der Waals surface area contributed by atoms with Gasteiger partial charge in [-0.2, -0.15) is 0 Å². The number of hydrogen-bond acceptors (Lipinski definition) is 3. The molecule has 1 saturated carbocycles. The minimum atomic E-state index is -2.52. The molecule has 1 aromatic rings. The van der Waals surface area contributed by atoms with Gasteiger partial charge in [0.05, 0.1) is 18.3 Å². The average Bonchev–Trinajstić information content (AvgIpc) is 2.61. The Labute approximate surface area is 147 Å². The molecule has 1 amide bonds. The van der Waals surface area contributed by atoms with Gasteiger partial charge in [-0.1, -0.05) is 6.07 Å². The van der Waals surface area contributed by atoms with Crippen molar-refractivity contribution in [3.63, 3.8) is 0 Å². The number of carbonyl (C=O) groups excluding carboxylic acids is 1. The minimum absolute atomic E-state index is 0.0455. The molecular weight excluding hydrogens is 324 g/mol. The number of hydrogen-bond donors (Lipinski definition) is 0. The summed E-state index contributed by atoms with van der Waals surface area (Å²) in [5.41, 5.74) is 0.902. The quantitative estimate of drug-likeness (QED) is 0.841. The van der Waals surface area contributed by atoms with Crippen LogP contribution in [0, 0.1) is 5.92 Å². The summed E-state index contributed by atoms with van der Waals surface area (Å²) >= 11 is 0. The molecule has 3 aliphatic rings. The number of halogens is 2. The maximum atomic E-state index is 13.5. The zero-order chi connectivity index (χ0) is 17.4. The standard InChI is InChI=1S/C19H25F2N3O/c20-19(21)7-4-16(5-8-19)24-10-6-14-11-17(24)18(25)23(12-14)13-15-3-1-2-9-22-15/h1-3,9,14,16-17H,4-8,10-13H2/t14-,17+/m0/s1. The SMILES string of the molecule is O=C1[C@H]2C[C@H](CCN2C2CCC(F)(F)CC2)CN1Cc1ccccn1. The van der Waals surface area contributed by atoms with Crippen molar-refractivity contribution < 1.29 is 13.6 Å². The van der Waals surface area contributed by atoms with Gasteiger partial charge in [-0.05, 0) is 50.3 Å². The Morgan fingerprint density at radius 1 is 1.20 bits per heavy atom. The van der Waals surface area contributed by atoms with E-state index in [0.717, 1.165) is 31.6 Å². The maximum absolute atomic E-state index is 13.5. The topological polar surface area (TPSA) is 36.4 Å². The first-order valence-electron chi connectivity index (χ1n) is 9.34. The number of rotatable bonds is 3. The normalized spacial score (nSPS) is 30.5. The molecule has 2 saturated heterocycles. The van der Waals surface area contributed by atoms with Gasteiger partial charge in [-0.15, -0.1) is 0 Å². The summed E-state index contributed by atoms with van der Waals surface area (Å²) in [5, 5.41) is 0. The van der Waals surface area contributed by atoms with Crippen molar-refractivity contribution in [2.45, 2.75) is 63.1 Å². The van der Waals surface area contributed by atoms with Gasteiger partial charge in [0.15, 0.2) is 0 Å². The minimum Gasteiger partial charge on any atom is -0.335 e. The molecule has 0 aromatic carbocycles. The van der Waals surface area contributed by atoms with Crippen LogP contribution in [-0.4, -0.2) is 51.8 Å². The summed E-state index contributed by atoms with van der Waals surface area (Å²) in [4.78, 5) is 21.5. The van der Waals surface area contributed by atoms with Gasteiger partial charge in [0.2, 0.25) is 11.8 Å². The first-order valence-corrected chi connectivity index (χ1v) is 9.34. The number of pyridine rings is 1. The molecule has 2 atom stereocenters. The molecule has 6 heteroatoms. The second-order valence-electron chi connectivity index (χ2n) is 7.77. The molecule has 4 rings (SSSR count). The van der Waals surface area contributed by atoms with Crippen LogP contribution in [0.1, 0.15) is 44.2 Å². The zero-order valence-electron chi connectivity index (χ0n) is 14.4. The van der Waals surface area contributed by atoms with Crippen LogP contribution in [0.4, 0.5) is 8.78 Å². The number of piperidine rings is 2. The van der Waals surface area contributed by atoms with Crippen LogP contribution in [0.15, 0.2) is 24.4 Å². The van der Waals surface area contributed by atoms with E-state index in [1.165, 1.54) is 0 Å². The van der Waals surface area contributed by atoms with E-state index in [1.54, 1.807) is 6.20 Å². The summed E-state index contributed by atoms with van der Waals surface area (Å²) < 4.78 is 27.0. The predicted molar refractivity (Wildman–Crippen MR) is 90.1 cm³/mol. The van der Waals surface area contributed by atoms with Gasteiger partial charge < -0.3 is 4.90 Å². The second-order valence-corrected chi connectivity index (χ2v) is 7.77. The summed E-state index contributed by atoms with van der Waals surface area (Å²) in [5.74, 6) is -1.84. The molecule has 1 aliphatic carbocycles. The summed E-state index contributed by atoms with van der Waals surface area (Å²) in [6.07, 6.45) is 4.59. The van der Waals surface area contributed by atoms with Crippen LogP contribution in [0.2, 0.25) is 0 Å². The Morgan fingerprint density at radius 3 is 2.72 bits per heavy atom. The highest BCUT2D eigenvalue weighted by Crippen LogP contribution is 2.39. The highest BCUT2D eigenvalue weighted by molar-refractivity contribution is 5.83. The molecule has 2 aliphatic heterocycles. The van der Waals surface area contributed by atoms with E-state index in [-0.39, 0.29) is 30.8 Å². The Kier molecular flexibility index (Phi) is 4.48. The van der Waals surface area contributed by atoms with Crippen LogP contribution in [0.5, 0.6) is 0 Å². The Balaban J connectivity index is 1.46. The van der Waals surface area contributed by atoms with Crippen molar-refractivity contribution in [1.82, 2.24) is 14.8 Å². The van der Waals surface area contributed by atoms with Gasteiger partial charge in [-0.3, -0.25) is 14.7 Å². The lowest BCUT2D eigenvalue weighted by Crippen LogP contribution is -2.61. The molecule has 3 heterocycles. The number of fused-ring (bicyclic) bond motifs is 2. The van der Waals surface area contributed by atoms with E-state index >= 15 is 0 Å². The van der Waals surface area contributed by atoms with Crippen molar-refractivity contribution in [2.75, 3.05) is 13.1 Å². The highest BCUT2D eigenvalue weighted by Gasteiger charge is 2.45. The first-order chi connectivity index (χ1) is 12.0.